The molecule has 0 aliphatic carbocycles. The molecule has 1 aromatic carbocycles. The summed E-state index contributed by atoms with van der Waals surface area (Å²) >= 11 is 0. The van der Waals surface area contributed by atoms with E-state index < -0.39 is 0 Å². The molecule has 2 nitrogen and oxygen atoms in total. The Bertz CT molecular complexity index is 380. The summed E-state index contributed by atoms with van der Waals surface area (Å²) < 4.78 is 0. The zero-order chi connectivity index (χ0) is 10.5. The fourth-order valence-electron chi connectivity index (χ4n) is 1.82. The van der Waals surface area contributed by atoms with Gasteiger partial charge in [-0.05, 0) is 24.5 Å². The van der Waals surface area contributed by atoms with Gasteiger partial charge in [0.25, 0.3) is 0 Å². The lowest BCUT2D eigenvalue weighted by molar-refractivity contribution is 0.875. The molecule has 15 heavy (non-hydrogen) atoms. The highest BCUT2D eigenvalue weighted by atomic mass is 15.0. The number of aryl methyl sites for hydroxylation is 1. The number of aliphatic imine (C=N–C) groups is 1. The molecular weight excluding hydrogens is 184 g/mol. The van der Waals surface area contributed by atoms with Crippen LogP contribution in [0.4, 0.5) is 5.69 Å². The number of benzene rings is 1. The van der Waals surface area contributed by atoms with Crippen LogP contribution in [0.15, 0.2) is 41.9 Å². The van der Waals surface area contributed by atoms with Crippen LogP contribution in [-0.2, 0) is 6.42 Å². The zero-order valence-electron chi connectivity index (χ0n) is 8.87. The molecule has 1 aromatic rings. The molecule has 1 N–H and O–H groups in total. The SMILES string of the molecule is C=CCN=C1CCCc2ccccc2N1. The molecule has 0 saturated carbocycles. The van der Waals surface area contributed by atoms with E-state index in [1.807, 2.05) is 6.08 Å². The second kappa shape index (κ2) is 4.78. The summed E-state index contributed by atoms with van der Waals surface area (Å²) in [6.45, 7) is 4.38. The summed E-state index contributed by atoms with van der Waals surface area (Å²) in [4.78, 5) is 4.45. The van der Waals surface area contributed by atoms with Crippen molar-refractivity contribution in [2.24, 2.45) is 4.99 Å². The monoisotopic (exact) mass is 200 g/mol. The number of amidine groups is 1. The van der Waals surface area contributed by atoms with Crippen molar-refractivity contribution in [3.8, 4) is 0 Å². The minimum atomic E-state index is 0.699. The standard InChI is InChI=1S/C13H16N2/c1-2-10-14-13-9-5-7-11-6-3-4-8-12(11)15-13/h2-4,6,8H,1,5,7,9-10H2,(H,14,15). The van der Waals surface area contributed by atoms with E-state index in [2.05, 4.69) is 41.2 Å². The van der Waals surface area contributed by atoms with Gasteiger partial charge >= 0.3 is 0 Å². The van der Waals surface area contributed by atoms with Gasteiger partial charge in [-0.15, -0.1) is 6.58 Å². The minimum Gasteiger partial charge on any atom is -0.344 e. The van der Waals surface area contributed by atoms with Crippen molar-refractivity contribution in [3.05, 3.63) is 42.5 Å². The predicted molar refractivity (Wildman–Crippen MR) is 65.5 cm³/mol. The van der Waals surface area contributed by atoms with Crippen LogP contribution in [0.1, 0.15) is 18.4 Å². The van der Waals surface area contributed by atoms with E-state index in [-0.39, 0.29) is 0 Å². The molecule has 0 fully saturated rings. The average molecular weight is 200 g/mol. The van der Waals surface area contributed by atoms with Crippen molar-refractivity contribution >= 4 is 11.5 Å². The highest BCUT2D eigenvalue weighted by Gasteiger charge is 2.09. The fourth-order valence-corrected chi connectivity index (χ4v) is 1.82. The lowest BCUT2D eigenvalue weighted by Crippen LogP contribution is -2.10. The lowest BCUT2D eigenvalue weighted by Gasteiger charge is -2.07. The fraction of sp³-hybridized carbons (Fsp3) is 0.308. The Kier molecular flexibility index (Phi) is 3.18. The number of hydrogen-bond acceptors (Lipinski definition) is 1. The van der Waals surface area contributed by atoms with Gasteiger partial charge in [0.15, 0.2) is 0 Å². The first-order valence-electron chi connectivity index (χ1n) is 5.39. The van der Waals surface area contributed by atoms with E-state index in [1.54, 1.807) is 0 Å². The summed E-state index contributed by atoms with van der Waals surface area (Å²) in [5, 5.41) is 3.40. The number of anilines is 1. The molecule has 0 aromatic heterocycles. The van der Waals surface area contributed by atoms with Crippen LogP contribution in [0.25, 0.3) is 0 Å². The maximum Gasteiger partial charge on any atom is 0.101 e. The Labute approximate surface area is 90.7 Å². The van der Waals surface area contributed by atoms with E-state index in [0.29, 0.717) is 6.54 Å². The summed E-state index contributed by atoms with van der Waals surface area (Å²) in [6.07, 6.45) is 5.16. The predicted octanol–water partition coefficient (Wildman–Crippen LogP) is 3.02. The molecule has 0 unspecified atom stereocenters. The van der Waals surface area contributed by atoms with Crippen molar-refractivity contribution < 1.29 is 0 Å². The van der Waals surface area contributed by atoms with Gasteiger partial charge in [-0.1, -0.05) is 24.3 Å². The van der Waals surface area contributed by atoms with Gasteiger partial charge < -0.3 is 5.32 Å². The molecule has 1 heterocycles. The largest absolute Gasteiger partial charge is 0.344 e. The van der Waals surface area contributed by atoms with Gasteiger partial charge in [-0.3, -0.25) is 4.99 Å². The molecule has 0 bridgehead atoms. The van der Waals surface area contributed by atoms with Gasteiger partial charge in [-0.25, -0.2) is 0 Å². The Balaban J connectivity index is 2.20. The number of nitrogens with zero attached hydrogens (tertiary/aromatic N) is 1. The molecule has 0 atom stereocenters. The molecule has 1 aliphatic rings. The van der Waals surface area contributed by atoms with Crippen LogP contribution in [0.5, 0.6) is 0 Å². The Morgan fingerprint density at radius 3 is 3.07 bits per heavy atom. The number of fused-ring (bicyclic) bond motifs is 1. The number of rotatable bonds is 2. The van der Waals surface area contributed by atoms with Crippen molar-refractivity contribution in [1.29, 1.82) is 0 Å². The normalized spacial score (nSPS) is 17.7. The van der Waals surface area contributed by atoms with Crippen LogP contribution in [-0.4, -0.2) is 12.4 Å². The summed E-state index contributed by atoms with van der Waals surface area (Å²) in [5.41, 5.74) is 2.60. The van der Waals surface area contributed by atoms with Crippen molar-refractivity contribution in [2.75, 3.05) is 11.9 Å². The molecule has 0 amide bonds. The van der Waals surface area contributed by atoms with Crippen LogP contribution in [0, 0.1) is 0 Å². The molecule has 1 aliphatic heterocycles. The molecule has 2 rings (SSSR count). The third kappa shape index (κ3) is 2.46. The van der Waals surface area contributed by atoms with Crippen LogP contribution in [0.3, 0.4) is 0 Å². The van der Waals surface area contributed by atoms with E-state index in [0.717, 1.165) is 18.7 Å². The number of para-hydroxylation sites is 1. The van der Waals surface area contributed by atoms with Crippen LogP contribution < -0.4 is 5.32 Å². The average Bonchev–Trinajstić information content (AvgIpc) is 2.47. The molecule has 2 heteroatoms. The maximum atomic E-state index is 4.45. The van der Waals surface area contributed by atoms with Crippen molar-refractivity contribution in [1.82, 2.24) is 0 Å². The first kappa shape index (κ1) is 9.97. The second-order valence-electron chi connectivity index (χ2n) is 3.71. The summed E-state index contributed by atoms with van der Waals surface area (Å²) in [5.74, 6) is 1.08. The highest BCUT2D eigenvalue weighted by Crippen LogP contribution is 2.21. The quantitative estimate of drug-likeness (QED) is 0.729. The van der Waals surface area contributed by atoms with Gasteiger partial charge in [0.05, 0.1) is 6.54 Å². The van der Waals surface area contributed by atoms with Crippen LogP contribution >= 0.6 is 0 Å². The number of hydrogen-bond donors (Lipinski definition) is 1. The lowest BCUT2D eigenvalue weighted by atomic mass is 10.1. The van der Waals surface area contributed by atoms with Gasteiger partial charge in [0, 0.05) is 12.1 Å². The number of nitrogens with one attached hydrogen (secondary N) is 1. The zero-order valence-corrected chi connectivity index (χ0v) is 8.87. The highest BCUT2D eigenvalue weighted by molar-refractivity contribution is 5.96. The molecule has 78 valence electrons. The van der Waals surface area contributed by atoms with Crippen molar-refractivity contribution in [2.45, 2.75) is 19.3 Å². The van der Waals surface area contributed by atoms with Gasteiger partial charge in [0.2, 0.25) is 0 Å². The topological polar surface area (TPSA) is 24.4 Å². The third-order valence-corrected chi connectivity index (χ3v) is 2.57. The Morgan fingerprint density at radius 2 is 2.20 bits per heavy atom. The second-order valence-corrected chi connectivity index (χ2v) is 3.71. The van der Waals surface area contributed by atoms with E-state index in [9.17, 15) is 0 Å². The molecule has 0 spiro atoms. The summed E-state index contributed by atoms with van der Waals surface area (Å²) in [6, 6.07) is 8.44. The van der Waals surface area contributed by atoms with E-state index in [1.165, 1.54) is 17.7 Å². The third-order valence-electron chi connectivity index (χ3n) is 2.57. The van der Waals surface area contributed by atoms with Gasteiger partial charge in [-0.2, -0.15) is 0 Å². The Hall–Kier alpha value is -1.57. The van der Waals surface area contributed by atoms with Crippen molar-refractivity contribution in [3.63, 3.8) is 0 Å². The minimum absolute atomic E-state index is 0.699. The van der Waals surface area contributed by atoms with Crippen LogP contribution in [0.2, 0.25) is 0 Å². The van der Waals surface area contributed by atoms with Gasteiger partial charge in [0.1, 0.15) is 5.84 Å². The smallest absolute Gasteiger partial charge is 0.101 e. The maximum absolute atomic E-state index is 4.45. The van der Waals surface area contributed by atoms with E-state index in [4.69, 9.17) is 0 Å². The van der Waals surface area contributed by atoms with E-state index >= 15 is 0 Å². The molecular formula is C13H16N2. The first-order valence-corrected chi connectivity index (χ1v) is 5.39. The molecule has 0 radical (unpaired) electrons. The first-order chi connectivity index (χ1) is 7.40. The Morgan fingerprint density at radius 1 is 1.33 bits per heavy atom. The molecule has 0 saturated heterocycles. The summed E-state index contributed by atoms with van der Waals surface area (Å²) in [7, 11) is 0.